The smallest absolute Gasteiger partial charge is 0.304 e. The number of aliphatic carboxylic acids is 1. The Morgan fingerprint density at radius 2 is 2.07 bits per heavy atom. The van der Waals surface area contributed by atoms with Crippen LogP contribution < -0.4 is 0 Å². The minimum absolute atomic E-state index is 0.247. The number of rotatable bonds is 5. The topological polar surface area (TPSA) is 43.8 Å². The Morgan fingerprint density at radius 1 is 1.47 bits per heavy atom. The lowest BCUT2D eigenvalue weighted by Gasteiger charge is -2.36. The number of carboxylic acids is 1. The second-order valence-electron chi connectivity index (χ2n) is 4.00. The molecule has 4 nitrogen and oxygen atoms in total. The molecular weight excluding hydrogens is 192 g/mol. The largest absolute Gasteiger partial charge is 0.481 e. The van der Waals surface area contributed by atoms with E-state index in [1.807, 2.05) is 6.08 Å². The molecule has 15 heavy (non-hydrogen) atoms. The Balaban J connectivity index is 2.23. The van der Waals surface area contributed by atoms with Gasteiger partial charge in [-0.15, -0.1) is 6.58 Å². The van der Waals surface area contributed by atoms with Crippen LogP contribution in [-0.2, 0) is 4.79 Å². The van der Waals surface area contributed by atoms with Gasteiger partial charge < -0.3 is 10.0 Å². The van der Waals surface area contributed by atoms with Crippen LogP contribution in [0.15, 0.2) is 12.7 Å². The number of hydrogen-bond acceptors (Lipinski definition) is 3. The highest BCUT2D eigenvalue weighted by Crippen LogP contribution is 2.07. The zero-order valence-corrected chi connectivity index (χ0v) is 9.35. The van der Waals surface area contributed by atoms with E-state index >= 15 is 0 Å². The summed E-state index contributed by atoms with van der Waals surface area (Å²) in [6.45, 7) is 10.5. The van der Waals surface area contributed by atoms with E-state index in [9.17, 15) is 4.79 Å². The third kappa shape index (κ3) is 4.01. The minimum atomic E-state index is -0.711. The number of piperazine rings is 1. The molecule has 1 N–H and O–H groups in total. The average molecular weight is 212 g/mol. The Bertz CT molecular complexity index is 223. The molecule has 1 unspecified atom stereocenters. The molecular formula is C11H20N2O2. The number of nitrogens with zero attached hydrogens (tertiary/aromatic N) is 2. The lowest BCUT2D eigenvalue weighted by molar-refractivity contribution is -0.137. The van der Waals surface area contributed by atoms with Gasteiger partial charge >= 0.3 is 5.97 Å². The van der Waals surface area contributed by atoms with Gasteiger partial charge in [-0.1, -0.05) is 6.08 Å². The normalized spacial score (nSPS) is 21.1. The van der Waals surface area contributed by atoms with E-state index in [2.05, 4.69) is 23.3 Å². The van der Waals surface area contributed by atoms with Gasteiger partial charge in [0.15, 0.2) is 0 Å². The molecule has 0 saturated carbocycles. The van der Waals surface area contributed by atoms with Crippen LogP contribution in [0.3, 0.4) is 0 Å². The summed E-state index contributed by atoms with van der Waals surface area (Å²) < 4.78 is 0. The van der Waals surface area contributed by atoms with E-state index in [4.69, 9.17) is 5.11 Å². The molecule has 4 heteroatoms. The summed E-state index contributed by atoms with van der Waals surface area (Å²) in [6.07, 6.45) is 2.20. The summed E-state index contributed by atoms with van der Waals surface area (Å²) in [5.74, 6) is -0.711. The Labute approximate surface area is 91.2 Å². The SMILES string of the molecule is C=CC(C)N1CCN(CCC(=O)O)CC1. The summed E-state index contributed by atoms with van der Waals surface area (Å²) in [6, 6.07) is 0.423. The fraction of sp³-hybridized carbons (Fsp3) is 0.727. The molecule has 1 atom stereocenters. The third-order valence-corrected chi connectivity index (χ3v) is 2.97. The van der Waals surface area contributed by atoms with Crippen LogP contribution in [-0.4, -0.2) is 59.6 Å². The van der Waals surface area contributed by atoms with Crippen LogP contribution in [0.1, 0.15) is 13.3 Å². The van der Waals surface area contributed by atoms with Crippen molar-refractivity contribution < 1.29 is 9.90 Å². The van der Waals surface area contributed by atoms with E-state index in [0.29, 0.717) is 12.6 Å². The van der Waals surface area contributed by atoms with Crippen LogP contribution >= 0.6 is 0 Å². The quantitative estimate of drug-likeness (QED) is 0.680. The zero-order valence-electron chi connectivity index (χ0n) is 9.35. The molecule has 0 spiro atoms. The minimum Gasteiger partial charge on any atom is -0.481 e. The highest BCUT2D eigenvalue weighted by molar-refractivity contribution is 5.66. The van der Waals surface area contributed by atoms with E-state index in [0.717, 1.165) is 26.2 Å². The van der Waals surface area contributed by atoms with Crippen LogP contribution in [0.25, 0.3) is 0 Å². The highest BCUT2D eigenvalue weighted by Gasteiger charge is 2.19. The summed E-state index contributed by atoms with van der Waals surface area (Å²) in [5.41, 5.74) is 0. The first-order valence-corrected chi connectivity index (χ1v) is 5.44. The third-order valence-electron chi connectivity index (χ3n) is 2.97. The molecule has 1 rings (SSSR count). The average Bonchev–Trinajstić information content (AvgIpc) is 2.26. The zero-order chi connectivity index (χ0) is 11.3. The Hall–Kier alpha value is -0.870. The van der Waals surface area contributed by atoms with E-state index in [1.54, 1.807) is 0 Å². The first-order chi connectivity index (χ1) is 7.13. The van der Waals surface area contributed by atoms with Gasteiger partial charge in [-0.3, -0.25) is 9.69 Å². The molecule has 86 valence electrons. The van der Waals surface area contributed by atoms with Crippen LogP contribution in [0, 0.1) is 0 Å². The number of hydrogen-bond donors (Lipinski definition) is 1. The van der Waals surface area contributed by atoms with Crippen molar-refractivity contribution in [2.45, 2.75) is 19.4 Å². The maximum absolute atomic E-state index is 10.4. The molecule has 1 aliphatic rings. The lowest BCUT2D eigenvalue weighted by Crippen LogP contribution is -2.49. The van der Waals surface area contributed by atoms with Crippen LogP contribution in [0.4, 0.5) is 0 Å². The molecule has 1 heterocycles. The van der Waals surface area contributed by atoms with E-state index in [-0.39, 0.29) is 6.42 Å². The van der Waals surface area contributed by atoms with Gasteiger partial charge in [0.1, 0.15) is 0 Å². The van der Waals surface area contributed by atoms with Gasteiger partial charge in [-0.25, -0.2) is 0 Å². The van der Waals surface area contributed by atoms with Crippen molar-refractivity contribution in [2.75, 3.05) is 32.7 Å². The van der Waals surface area contributed by atoms with Gasteiger partial charge in [0, 0.05) is 38.8 Å². The van der Waals surface area contributed by atoms with Crippen molar-refractivity contribution in [2.24, 2.45) is 0 Å². The molecule has 1 saturated heterocycles. The molecule has 1 aliphatic heterocycles. The van der Waals surface area contributed by atoms with E-state index in [1.165, 1.54) is 0 Å². The molecule has 1 fully saturated rings. The number of carboxylic acid groups (broad SMARTS) is 1. The summed E-state index contributed by atoms with van der Waals surface area (Å²) in [7, 11) is 0. The fourth-order valence-corrected chi connectivity index (χ4v) is 1.80. The molecule has 0 aromatic carbocycles. The van der Waals surface area contributed by atoms with Gasteiger partial charge in [-0.05, 0) is 6.92 Å². The van der Waals surface area contributed by atoms with E-state index < -0.39 is 5.97 Å². The molecule has 0 amide bonds. The lowest BCUT2D eigenvalue weighted by atomic mass is 10.2. The molecule has 0 bridgehead atoms. The summed E-state index contributed by atoms with van der Waals surface area (Å²) in [5, 5.41) is 8.57. The monoisotopic (exact) mass is 212 g/mol. The molecule has 0 aromatic rings. The first kappa shape index (κ1) is 12.2. The second kappa shape index (κ2) is 5.88. The second-order valence-corrected chi connectivity index (χ2v) is 4.00. The predicted octanol–water partition coefficient (Wildman–Crippen LogP) is 0.653. The van der Waals surface area contributed by atoms with Gasteiger partial charge in [0.05, 0.1) is 6.42 Å². The van der Waals surface area contributed by atoms with Crippen molar-refractivity contribution in [3.05, 3.63) is 12.7 Å². The van der Waals surface area contributed by atoms with Crippen molar-refractivity contribution in [3.8, 4) is 0 Å². The summed E-state index contributed by atoms with van der Waals surface area (Å²) >= 11 is 0. The van der Waals surface area contributed by atoms with Crippen molar-refractivity contribution in [3.63, 3.8) is 0 Å². The number of carbonyl (C=O) groups is 1. The highest BCUT2D eigenvalue weighted by atomic mass is 16.4. The Kier molecular flexibility index (Phi) is 4.78. The van der Waals surface area contributed by atoms with Crippen molar-refractivity contribution in [1.29, 1.82) is 0 Å². The van der Waals surface area contributed by atoms with Gasteiger partial charge in [0.2, 0.25) is 0 Å². The van der Waals surface area contributed by atoms with Gasteiger partial charge in [-0.2, -0.15) is 0 Å². The fourth-order valence-electron chi connectivity index (χ4n) is 1.80. The Morgan fingerprint density at radius 3 is 2.53 bits per heavy atom. The van der Waals surface area contributed by atoms with Crippen molar-refractivity contribution >= 4 is 5.97 Å². The summed E-state index contributed by atoms with van der Waals surface area (Å²) in [4.78, 5) is 15.0. The molecule has 0 aromatic heterocycles. The van der Waals surface area contributed by atoms with Crippen LogP contribution in [0.2, 0.25) is 0 Å². The van der Waals surface area contributed by atoms with Crippen molar-refractivity contribution in [1.82, 2.24) is 9.80 Å². The maximum Gasteiger partial charge on any atom is 0.304 e. The van der Waals surface area contributed by atoms with Crippen LogP contribution in [0.5, 0.6) is 0 Å². The van der Waals surface area contributed by atoms with Gasteiger partial charge in [0.25, 0.3) is 0 Å². The maximum atomic E-state index is 10.4. The predicted molar refractivity (Wildman–Crippen MR) is 59.9 cm³/mol. The standard InChI is InChI=1S/C11H20N2O2/c1-3-10(2)13-8-6-12(7-9-13)5-4-11(14)15/h3,10H,1,4-9H2,2H3,(H,14,15). The molecule has 0 radical (unpaired) electrons. The molecule has 0 aliphatic carbocycles. The first-order valence-electron chi connectivity index (χ1n) is 5.44.